The van der Waals surface area contributed by atoms with E-state index in [1.165, 1.54) is 5.56 Å². The van der Waals surface area contributed by atoms with Crippen LogP contribution >= 0.6 is 11.6 Å². The van der Waals surface area contributed by atoms with Gasteiger partial charge in [-0.2, -0.15) is 0 Å². The summed E-state index contributed by atoms with van der Waals surface area (Å²) in [5.74, 6) is 1.46. The molecule has 0 saturated carbocycles. The molecule has 2 rings (SSSR count). The summed E-state index contributed by atoms with van der Waals surface area (Å²) in [5.41, 5.74) is 2.04. The number of aryl methyl sites for hydroxylation is 1. The summed E-state index contributed by atoms with van der Waals surface area (Å²) in [6.07, 6.45) is 0. The van der Waals surface area contributed by atoms with E-state index >= 15 is 0 Å². The molecular weight excluding hydrogens is 272 g/mol. The molecule has 0 fully saturated rings. The predicted octanol–water partition coefficient (Wildman–Crippen LogP) is 4.31. The lowest BCUT2D eigenvalue weighted by Gasteiger charge is -2.22. The van der Waals surface area contributed by atoms with Gasteiger partial charge < -0.3 is 4.74 Å². The first-order valence-electron chi connectivity index (χ1n) is 6.58. The maximum absolute atomic E-state index is 5.93. The van der Waals surface area contributed by atoms with Gasteiger partial charge in [-0.15, -0.1) is 0 Å². The van der Waals surface area contributed by atoms with E-state index in [1.807, 2.05) is 25.1 Å². The predicted molar refractivity (Wildman–Crippen MR) is 81.3 cm³/mol. The zero-order chi connectivity index (χ0) is 14.8. The van der Waals surface area contributed by atoms with Gasteiger partial charge in [-0.3, -0.25) is 0 Å². The van der Waals surface area contributed by atoms with Gasteiger partial charge in [0.1, 0.15) is 17.5 Å². The minimum absolute atomic E-state index is 0.0295. The fourth-order valence-corrected chi connectivity index (χ4v) is 2.26. The monoisotopic (exact) mass is 290 g/mol. The third kappa shape index (κ3) is 3.70. The fourth-order valence-electron chi connectivity index (χ4n) is 2.01. The molecule has 0 radical (unpaired) electrons. The van der Waals surface area contributed by atoms with E-state index in [-0.39, 0.29) is 5.41 Å². The number of rotatable bonds is 3. The minimum Gasteiger partial charge on any atom is -0.485 e. The minimum atomic E-state index is 0.0295. The Kier molecular flexibility index (Phi) is 4.29. The highest BCUT2D eigenvalue weighted by Crippen LogP contribution is 2.31. The Morgan fingerprint density at radius 3 is 2.50 bits per heavy atom. The Balaban J connectivity index is 2.19. The van der Waals surface area contributed by atoms with Gasteiger partial charge in [-0.25, -0.2) is 9.97 Å². The van der Waals surface area contributed by atoms with Gasteiger partial charge >= 0.3 is 0 Å². The first-order chi connectivity index (χ1) is 9.36. The van der Waals surface area contributed by atoms with Crippen LogP contribution in [0, 0.1) is 6.92 Å². The van der Waals surface area contributed by atoms with Crippen molar-refractivity contribution in [3.8, 4) is 5.75 Å². The van der Waals surface area contributed by atoms with Crippen molar-refractivity contribution in [2.75, 3.05) is 0 Å². The van der Waals surface area contributed by atoms with Crippen molar-refractivity contribution < 1.29 is 4.74 Å². The Morgan fingerprint density at radius 1 is 1.15 bits per heavy atom. The van der Waals surface area contributed by atoms with Crippen LogP contribution in [0.25, 0.3) is 0 Å². The van der Waals surface area contributed by atoms with Crippen molar-refractivity contribution in [2.24, 2.45) is 0 Å². The average molecular weight is 291 g/mol. The standard InChI is InChI=1S/C16H19ClN2O/c1-11-9-14(17)19-15(18-11)10-20-13-8-6-5-7-12(13)16(2,3)4/h5-9H,10H2,1-4H3. The molecule has 0 bridgehead atoms. The number of para-hydroxylation sites is 1. The number of hydrogen-bond acceptors (Lipinski definition) is 3. The molecule has 0 aliphatic carbocycles. The molecule has 1 aromatic carbocycles. The van der Waals surface area contributed by atoms with E-state index in [9.17, 15) is 0 Å². The Bertz CT molecular complexity index is 585. The highest BCUT2D eigenvalue weighted by molar-refractivity contribution is 6.29. The zero-order valence-corrected chi connectivity index (χ0v) is 13.0. The van der Waals surface area contributed by atoms with Crippen LogP contribution < -0.4 is 4.74 Å². The number of nitrogens with zero attached hydrogens (tertiary/aromatic N) is 2. The van der Waals surface area contributed by atoms with Gasteiger partial charge in [0, 0.05) is 5.69 Å². The quantitative estimate of drug-likeness (QED) is 0.790. The molecule has 4 heteroatoms. The molecular formula is C16H19ClN2O. The van der Waals surface area contributed by atoms with Crippen molar-refractivity contribution in [2.45, 2.75) is 39.7 Å². The van der Waals surface area contributed by atoms with Crippen LogP contribution in [0.5, 0.6) is 5.75 Å². The van der Waals surface area contributed by atoms with Crippen LogP contribution in [0.4, 0.5) is 0 Å². The first-order valence-corrected chi connectivity index (χ1v) is 6.96. The van der Waals surface area contributed by atoms with Crippen LogP contribution in [0.1, 0.15) is 37.9 Å². The summed E-state index contributed by atoms with van der Waals surface area (Å²) >= 11 is 5.93. The Labute approximate surface area is 125 Å². The van der Waals surface area contributed by atoms with Crippen LogP contribution in [0.2, 0.25) is 5.15 Å². The second kappa shape index (κ2) is 5.80. The number of halogens is 1. The molecule has 0 amide bonds. The molecule has 0 saturated heterocycles. The van der Waals surface area contributed by atoms with Crippen molar-refractivity contribution >= 4 is 11.6 Å². The highest BCUT2D eigenvalue weighted by atomic mass is 35.5. The molecule has 1 aromatic heterocycles. The van der Waals surface area contributed by atoms with Crippen molar-refractivity contribution in [3.05, 3.63) is 52.6 Å². The molecule has 0 aliphatic heterocycles. The summed E-state index contributed by atoms with van der Waals surface area (Å²) in [7, 11) is 0. The van der Waals surface area contributed by atoms with Gasteiger partial charge in [0.25, 0.3) is 0 Å². The Hall–Kier alpha value is -1.61. The molecule has 3 nitrogen and oxygen atoms in total. The zero-order valence-electron chi connectivity index (χ0n) is 12.3. The van der Waals surface area contributed by atoms with Gasteiger partial charge in [0.15, 0.2) is 5.82 Å². The van der Waals surface area contributed by atoms with E-state index < -0.39 is 0 Å². The van der Waals surface area contributed by atoms with E-state index in [2.05, 4.69) is 36.8 Å². The number of aromatic nitrogens is 2. The lowest BCUT2D eigenvalue weighted by Crippen LogP contribution is -2.13. The van der Waals surface area contributed by atoms with Gasteiger partial charge in [0.2, 0.25) is 0 Å². The average Bonchev–Trinajstić information content (AvgIpc) is 2.34. The van der Waals surface area contributed by atoms with E-state index in [0.717, 1.165) is 11.4 Å². The van der Waals surface area contributed by atoms with Gasteiger partial charge in [-0.1, -0.05) is 50.6 Å². The third-order valence-corrected chi connectivity index (χ3v) is 3.11. The fraction of sp³-hybridized carbons (Fsp3) is 0.375. The number of benzene rings is 1. The van der Waals surface area contributed by atoms with Crippen LogP contribution in [0.15, 0.2) is 30.3 Å². The first kappa shape index (κ1) is 14.8. The molecule has 0 N–H and O–H groups in total. The van der Waals surface area contributed by atoms with Crippen LogP contribution in [-0.4, -0.2) is 9.97 Å². The summed E-state index contributed by atoms with van der Waals surface area (Å²) in [5, 5.41) is 0.445. The normalized spacial score (nSPS) is 11.4. The van der Waals surface area contributed by atoms with Crippen molar-refractivity contribution in [1.29, 1.82) is 0 Å². The molecule has 0 aliphatic rings. The molecule has 1 heterocycles. The third-order valence-electron chi connectivity index (χ3n) is 2.92. The molecule has 20 heavy (non-hydrogen) atoms. The highest BCUT2D eigenvalue weighted by Gasteiger charge is 2.18. The number of hydrogen-bond donors (Lipinski definition) is 0. The van der Waals surface area contributed by atoms with Crippen molar-refractivity contribution in [3.63, 3.8) is 0 Å². The molecule has 0 spiro atoms. The van der Waals surface area contributed by atoms with E-state index in [1.54, 1.807) is 6.07 Å². The Morgan fingerprint density at radius 2 is 1.85 bits per heavy atom. The molecule has 0 unspecified atom stereocenters. The second-order valence-electron chi connectivity index (χ2n) is 5.78. The molecule has 2 aromatic rings. The molecule has 106 valence electrons. The van der Waals surface area contributed by atoms with Crippen LogP contribution in [-0.2, 0) is 12.0 Å². The number of ether oxygens (including phenoxy) is 1. The largest absolute Gasteiger partial charge is 0.485 e. The van der Waals surface area contributed by atoms with E-state index in [4.69, 9.17) is 16.3 Å². The smallest absolute Gasteiger partial charge is 0.167 e. The summed E-state index contributed by atoms with van der Waals surface area (Å²) in [6.45, 7) is 8.69. The maximum Gasteiger partial charge on any atom is 0.167 e. The maximum atomic E-state index is 5.93. The van der Waals surface area contributed by atoms with Gasteiger partial charge in [0.05, 0.1) is 0 Å². The summed E-state index contributed by atoms with van der Waals surface area (Å²) < 4.78 is 5.88. The van der Waals surface area contributed by atoms with Crippen molar-refractivity contribution in [1.82, 2.24) is 9.97 Å². The lowest BCUT2D eigenvalue weighted by atomic mass is 9.86. The topological polar surface area (TPSA) is 35.0 Å². The lowest BCUT2D eigenvalue weighted by molar-refractivity contribution is 0.287. The summed E-state index contributed by atoms with van der Waals surface area (Å²) in [4.78, 5) is 8.49. The van der Waals surface area contributed by atoms with Crippen LogP contribution in [0.3, 0.4) is 0 Å². The molecule has 0 atom stereocenters. The SMILES string of the molecule is Cc1cc(Cl)nc(COc2ccccc2C(C)(C)C)n1. The second-order valence-corrected chi connectivity index (χ2v) is 6.17. The van der Waals surface area contributed by atoms with Gasteiger partial charge in [-0.05, 0) is 30.0 Å². The summed E-state index contributed by atoms with van der Waals surface area (Å²) in [6, 6.07) is 9.77. The van der Waals surface area contributed by atoms with E-state index in [0.29, 0.717) is 17.6 Å².